The second-order valence-corrected chi connectivity index (χ2v) is 8.22. The van der Waals surface area contributed by atoms with Crippen LogP contribution in [0.1, 0.15) is 56.9 Å². The molecule has 4 rings (SSSR count). The summed E-state index contributed by atoms with van der Waals surface area (Å²) in [4.78, 5) is 15.2. The van der Waals surface area contributed by atoms with E-state index < -0.39 is 0 Å². The molecule has 4 heteroatoms. The number of hydrogen-bond donors (Lipinski definition) is 0. The second kappa shape index (κ2) is 8.43. The van der Waals surface area contributed by atoms with E-state index in [1.54, 1.807) is 0 Å². The minimum absolute atomic E-state index is 0.256. The minimum atomic E-state index is 0.256. The van der Waals surface area contributed by atoms with Gasteiger partial charge in [-0.1, -0.05) is 31.4 Å². The van der Waals surface area contributed by atoms with Gasteiger partial charge in [-0.3, -0.25) is 4.79 Å². The van der Waals surface area contributed by atoms with Gasteiger partial charge in [0.1, 0.15) is 5.75 Å². The normalized spacial score (nSPS) is 23.8. The Morgan fingerprint density at radius 2 is 1.96 bits per heavy atom. The molecule has 4 nitrogen and oxygen atoms in total. The Hall–Kier alpha value is -1.55. The third-order valence-electron chi connectivity index (χ3n) is 5.99. The molecule has 2 aliphatic carbocycles. The summed E-state index contributed by atoms with van der Waals surface area (Å²) >= 11 is 0. The highest BCUT2D eigenvalue weighted by atomic mass is 16.5. The van der Waals surface area contributed by atoms with Gasteiger partial charge in [-0.15, -0.1) is 0 Å². The van der Waals surface area contributed by atoms with Crippen LogP contribution in [0.25, 0.3) is 0 Å². The molecule has 1 aliphatic heterocycles. The lowest BCUT2D eigenvalue weighted by Crippen LogP contribution is -2.38. The number of carbonyl (C=O) groups is 1. The fourth-order valence-corrected chi connectivity index (χ4v) is 4.22. The molecule has 0 N–H and O–H groups in total. The number of rotatable bonds is 7. The van der Waals surface area contributed by atoms with Gasteiger partial charge < -0.3 is 14.4 Å². The van der Waals surface area contributed by atoms with Crippen molar-refractivity contribution in [2.45, 2.75) is 64.0 Å². The molecular formula is C22H31NO3. The second-order valence-electron chi connectivity index (χ2n) is 8.22. The molecule has 1 amide bonds. The van der Waals surface area contributed by atoms with Crippen molar-refractivity contribution >= 4 is 5.91 Å². The van der Waals surface area contributed by atoms with Crippen molar-refractivity contribution in [1.29, 1.82) is 0 Å². The lowest BCUT2D eigenvalue weighted by Gasteiger charge is -2.29. The average Bonchev–Trinajstić information content (AvgIpc) is 3.40. The van der Waals surface area contributed by atoms with E-state index >= 15 is 0 Å². The summed E-state index contributed by atoms with van der Waals surface area (Å²) in [6, 6.07) is 8.76. The molecule has 1 aromatic rings. The molecule has 2 saturated carbocycles. The summed E-state index contributed by atoms with van der Waals surface area (Å²) in [5, 5.41) is 0. The zero-order valence-electron chi connectivity index (χ0n) is 15.7. The van der Waals surface area contributed by atoms with Crippen LogP contribution in [-0.4, -0.2) is 36.7 Å². The zero-order chi connectivity index (χ0) is 17.8. The topological polar surface area (TPSA) is 38.8 Å². The van der Waals surface area contributed by atoms with Crippen LogP contribution < -0.4 is 4.74 Å². The molecule has 1 unspecified atom stereocenters. The number of nitrogens with zero attached hydrogens (tertiary/aromatic N) is 1. The largest absolute Gasteiger partial charge is 0.493 e. The van der Waals surface area contributed by atoms with Crippen LogP contribution in [0, 0.1) is 11.8 Å². The summed E-state index contributed by atoms with van der Waals surface area (Å²) in [5.41, 5.74) is 1.18. The summed E-state index contributed by atoms with van der Waals surface area (Å²) in [7, 11) is 0. The van der Waals surface area contributed by atoms with Gasteiger partial charge in [-0.25, -0.2) is 0 Å². The van der Waals surface area contributed by atoms with E-state index in [-0.39, 0.29) is 5.92 Å². The highest BCUT2D eigenvalue weighted by Gasteiger charge is 2.36. The molecule has 26 heavy (non-hydrogen) atoms. The van der Waals surface area contributed by atoms with Gasteiger partial charge in [-0.2, -0.15) is 0 Å². The highest BCUT2D eigenvalue weighted by Crippen LogP contribution is 2.33. The van der Waals surface area contributed by atoms with Crippen LogP contribution in [0.15, 0.2) is 24.3 Å². The predicted octanol–water partition coefficient (Wildman–Crippen LogP) is 4.17. The first kappa shape index (κ1) is 17.8. The number of ether oxygens (including phenoxy) is 2. The van der Waals surface area contributed by atoms with Crippen LogP contribution in [0.4, 0.5) is 0 Å². The van der Waals surface area contributed by atoms with Gasteiger partial charge in [0.05, 0.1) is 13.2 Å². The van der Waals surface area contributed by atoms with Gasteiger partial charge in [0.15, 0.2) is 0 Å². The Bertz CT molecular complexity index is 601. The highest BCUT2D eigenvalue weighted by molar-refractivity contribution is 5.79. The van der Waals surface area contributed by atoms with Crippen molar-refractivity contribution in [2.24, 2.45) is 11.8 Å². The Morgan fingerprint density at radius 3 is 2.69 bits per heavy atom. The van der Waals surface area contributed by atoms with E-state index in [9.17, 15) is 4.79 Å². The molecule has 1 aromatic carbocycles. The molecule has 3 fully saturated rings. The molecule has 0 radical (unpaired) electrons. The maximum Gasteiger partial charge on any atom is 0.226 e. The first-order valence-corrected chi connectivity index (χ1v) is 10.4. The standard InChI is InChI=1S/C22H31NO3/c24-22(19-6-2-1-3-7-19)23(20-9-10-20)14-17-5-4-8-21(13-17)26-16-18-11-12-25-15-18/h4-5,8,13,18-20H,1-3,6-7,9-12,14-16H2. The van der Waals surface area contributed by atoms with E-state index in [0.29, 0.717) is 17.9 Å². The van der Waals surface area contributed by atoms with E-state index in [0.717, 1.165) is 64.2 Å². The Balaban J connectivity index is 1.37. The van der Waals surface area contributed by atoms with Gasteiger partial charge in [-0.05, 0) is 49.8 Å². The van der Waals surface area contributed by atoms with Crippen molar-refractivity contribution in [3.8, 4) is 5.75 Å². The van der Waals surface area contributed by atoms with Gasteiger partial charge in [0.2, 0.25) is 5.91 Å². The number of carbonyl (C=O) groups excluding carboxylic acids is 1. The smallest absolute Gasteiger partial charge is 0.226 e. The lowest BCUT2D eigenvalue weighted by molar-refractivity contribution is -0.137. The molecule has 0 spiro atoms. The van der Waals surface area contributed by atoms with Gasteiger partial charge in [0.25, 0.3) is 0 Å². The predicted molar refractivity (Wildman–Crippen MR) is 101 cm³/mol. The van der Waals surface area contributed by atoms with E-state index in [1.807, 2.05) is 12.1 Å². The molecule has 142 valence electrons. The monoisotopic (exact) mass is 357 g/mol. The molecule has 3 aliphatic rings. The maximum absolute atomic E-state index is 13.0. The molecule has 0 aromatic heterocycles. The summed E-state index contributed by atoms with van der Waals surface area (Å²) in [5.74, 6) is 2.07. The Kier molecular flexibility index (Phi) is 5.78. The summed E-state index contributed by atoms with van der Waals surface area (Å²) in [6.45, 7) is 3.11. The Labute approximate surface area is 156 Å². The SMILES string of the molecule is O=C(C1CCCCC1)N(Cc1cccc(OCC2CCOC2)c1)C1CC1. The molecule has 1 heterocycles. The molecule has 1 atom stereocenters. The van der Waals surface area contributed by atoms with Crippen molar-refractivity contribution in [2.75, 3.05) is 19.8 Å². The van der Waals surface area contributed by atoms with Crippen LogP contribution in [0.5, 0.6) is 5.75 Å². The summed E-state index contributed by atoms with van der Waals surface area (Å²) < 4.78 is 11.4. The van der Waals surface area contributed by atoms with Crippen molar-refractivity contribution < 1.29 is 14.3 Å². The van der Waals surface area contributed by atoms with Crippen molar-refractivity contribution in [1.82, 2.24) is 4.90 Å². The van der Waals surface area contributed by atoms with Crippen LogP contribution in [-0.2, 0) is 16.1 Å². The van der Waals surface area contributed by atoms with Crippen LogP contribution in [0.2, 0.25) is 0 Å². The third-order valence-corrected chi connectivity index (χ3v) is 5.99. The fourth-order valence-electron chi connectivity index (χ4n) is 4.22. The van der Waals surface area contributed by atoms with Gasteiger partial charge in [0, 0.05) is 31.0 Å². The number of amides is 1. The summed E-state index contributed by atoms with van der Waals surface area (Å²) in [6.07, 6.45) is 9.28. The lowest BCUT2D eigenvalue weighted by atomic mass is 9.88. The quantitative estimate of drug-likeness (QED) is 0.735. The maximum atomic E-state index is 13.0. The fraction of sp³-hybridized carbons (Fsp3) is 0.682. The third kappa shape index (κ3) is 4.59. The van der Waals surface area contributed by atoms with Crippen LogP contribution in [0.3, 0.4) is 0 Å². The van der Waals surface area contributed by atoms with Crippen LogP contribution >= 0.6 is 0 Å². The number of hydrogen-bond acceptors (Lipinski definition) is 3. The first-order chi connectivity index (χ1) is 12.8. The molecular weight excluding hydrogens is 326 g/mol. The Morgan fingerprint density at radius 1 is 1.12 bits per heavy atom. The van der Waals surface area contributed by atoms with E-state index in [4.69, 9.17) is 9.47 Å². The van der Waals surface area contributed by atoms with Gasteiger partial charge >= 0.3 is 0 Å². The minimum Gasteiger partial charge on any atom is -0.493 e. The van der Waals surface area contributed by atoms with E-state index in [2.05, 4.69) is 17.0 Å². The average molecular weight is 357 g/mol. The van der Waals surface area contributed by atoms with Crippen molar-refractivity contribution in [3.05, 3.63) is 29.8 Å². The van der Waals surface area contributed by atoms with E-state index in [1.165, 1.54) is 24.8 Å². The van der Waals surface area contributed by atoms with Crippen molar-refractivity contribution in [3.63, 3.8) is 0 Å². The zero-order valence-corrected chi connectivity index (χ0v) is 15.7. The first-order valence-electron chi connectivity index (χ1n) is 10.4. The molecule has 1 saturated heterocycles. The number of benzene rings is 1. The molecule has 0 bridgehead atoms.